The van der Waals surface area contributed by atoms with Crippen molar-refractivity contribution in [2.75, 3.05) is 4.72 Å². The predicted octanol–water partition coefficient (Wildman–Crippen LogP) is 2.12. The molecule has 108 valence electrons. The monoisotopic (exact) mass is 301 g/mol. The number of aromatic nitrogens is 2. The average Bonchev–Trinajstić information content (AvgIpc) is 2.55. The average molecular weight is 301 g/mol. The van der Waals surface area contributed by atoms with Gasteiger partial charge in [-0.2, -0.15) is 5.10 Å². The van der Waals surface area contributed by atoms with Crippen LogP contribution >= 0.6 is 0 Å². The van der Waals surface area contributed by atoms with Crippen molar-refractivity contribution in [2.45, 2.75) is 18.7 Å². The summed E-state index contributed by atoms with van der Waals surface area (Å²) in [5.74, 6) is -1.98. The van der Waals surface area contributed by atoms with Crippen LogP contribution in [0.1, 0.15) is 11.4 Å². The fourth-order valence-corrected chi connectivity index (χ4v) is 3.04. The number of hydrogen-bond acceptors (Lipinski definition) is 3. The second kappa shape index (κ2) is 4.86. The highest BCUT2D eigenvalue weighted by Gasteiger charge is 2.22. The fourth-order valence-electron chi connectivity index (χ4n) is 1.80. The van der Waals surface area contributed by atoms with Gasteiger partial charge in [-0.25, -0.2) is 17.2 Å². The molecule has 2 aromatic rings. The number of halogens is 2. The van der Waals surface area contributed by atoms with Gasteiger partial charge in [0.25, 0.3) is 10.0 Å². The van der Waals surface area contributed by atoms with Gasteiger partial charge in [-0.15, -0.1) is 0 Å². The Hall–Kier alpha value is -1.96. The lowest BCUT2D eigenvalue weighted by atomic mass is 10.3. The largest absolute Gasteiger partial charge is 0.276 e. The summed E-state index contributed by atoms with van der Waals surface area (Å²) in [7, 11) is -2.47. The molecule has 20 heavy (non-hydrogen) atoms. The van der Waals surface area contributed by atoms with Crippen molar-refractivity contribution in [3.63, 3.8) is 0 Å². The lowest BCUT2D eigenvalue weighted by Crippen LogP contribution is -2.15. The zero-order valence-corrected chi connectivity index (χ0v) is 11.9. The zero-order valence-electron chi connectivity index (χ0n) is 11.1. The third-order valence-corrected chi connectivity index (χ3v) is 4.31. The van der Waals surface area contributed by atoms with E-state index in [4.69, 9.17) is 0 Å². The molecule has 8 heteroatoms. The van der Waals surface area contributed by atoms with Gasteiger partial charge in [0.05, 0.1) is 17.1 Å². The first-order chi connectivity index (χ1) is 9.22. The van der Waals surface area contributed by atoms with Crippen LogP contribution in [0.25, 0.3) is 0 Å². The molecule has 0 unspecified atom stereocenters. The van der Waals surface area contributed by atoms with E-state index in [0.717, 1.165) is 12.1 Å². The van der Waals surface area contributed by atoms with Crippen LogP contribution in [0, 0.1) is 25.5 Å². The van der Waals surface area contributed by atoms with Gasteiger partial charge >= 0.3 is 0 Å². The fraction of sp³-hybridized carbons (Fsp3) is 0.250. The molecule has 0 fully saturated rings. The maximum atomic E-state index is 13.6. The summed E-state index contributed by atoms with van der Waals surface area (Å²) in [4.78, 5) is -0.610. The number of rotatable bonds is 3. The molecular formula is C12H13F2N3O2S. The van der Waals surface area contributed by atoms with Gasteiger partial charge in [0.2, 0.25) is 0 Å². The molecule has 0 radical (unpaired) electrons. The zero-order chi connectivity index (χ0) is 15.1. The van der Waals surface area contributed by atoms with Crippen molar-refractivity contribution in [1.82, 2.24) is 9.78 Å². The molecule has 0 aliphatic carbocycles. The van der Waals surface area contributed by atoms with E-state index in [-0.39, 0.29) is 5.69 Å². The number of benzene rings is 1. The van der Waals surface area contributed by atoms with E-state index >= 15 is 0 Å². The van der Waals surface area contributed by atoms with Gasteiger partial charge in [0.15, 0.2) is 0 Å². The van der Waals surface area contributed by atoms with Crippen LogP contribution in [0.4, 0.5) is 14.5 Å². The second-order valence-corrected chi connectivity index (χ2v) is 6.00. The first-order valence-electron chi connectivity index (χ1n) is 5.70. The highest BCUT2D eigenvalue weighted by Crippen LogP contribution is 2.24. The Kier molecular flexibility index (Phi) is 3.51. The predicted molar refractivity (Wildman–Crippen MR) is 69.8 cm³/mol. The van der Waals surface area contributed by atoms with Crippen LogP contribution < -0.4 is 4.72 Å². The Morgan fingerprint density at radius 1 is 1.25 bits per heavy atom. The molecule has 5 nitrogen and oxygen atoms in total. The van der Waals surface area contributed by atoms with Crippen molar-refractivity contribution in [3.8, 4) is 0 Å². The number of sulfonamides is 1. The number of nitrogens with zero attached hydrogens (tertiary/aromatic N) is 2. The molecule has 1 aromatic carbocycles. The molecule has 0 aliphatic heterocycles. The minimum Gasteiger partial charge on any atom is -0.276 e. The van der Waals surface area contributed by atoms with E-state index in [9.17, 15) is 17.2 Å². The second-order valence-electron chi connectivity index (χ2n) is 4.35. The Balaban J connectivity index is 2.46. The normalized spacial score (nSPS) is 11.7. The maximum absolute atomic E-state index is 13.6. The van der Waals surface area contributed by atoms with Crippen LogP contribution in [0.3, 0.4) is 0 Å². The number of hydrogen-bond donors (Lipinski definition) is 1. The van der Waals surface area contributed by atoms with E-state index in [1.165, 1.54) is 4.68 Å². The summed E-state index contributed by atoms with van der Waals surface area (Å²) in [6, 6.07) is 2.30. The molecule has 0 atom stereocenters. The van der Waals surface area contributed by atoms with Crippen LogP contribution in [-0.4, -0.2) is 18.2 Å². The maximum Gasteiger partial charge on any atom is 0.264 e. The van der Waals surface area contributed by atoms with Crippen molar-refractivity contribution in [3.05, 3.63) is 41.2 Å². The smallest absolute Gasteiger partial charge is 0.264 e. The SMILES string of the molecule is Cc1nn(C)c(C)c1NS(=O)(=O)c1ccc(F)cc1F. The Morgan fingerprint density at radius 3 is 2.40 bits per heavy atom. The lowest BCUT2D eigenvalue weighted by molar-refractivity contribution is 0.551. The van der Waals surface area contributed by atoms with E-state index < -0.39 is 26.6 Å². The first-order valence-corrected chi connectivity index (χ1v) is 7.19. The van der Waals surface area contributed by atoms with Gasteiger partial charge in [0.1, 0.15) is 16.5 Å². The van der Waals surface area contributed by atoms with Crippen LogP contribution in [0.15, 0.2) is 23.1 Å². The molecule has 1 heterocycles. The molecule has 1 N–H and O–H groups in total. The molecule has 1 aromatic heterocycles. The van der Waals surface area contributed by atoms with Crippen LogP contribution in [0.2, 0.25) is 0 Å². The number of anilines is 1. The van der Waals surface area contributed by atoms with E-state index in [1.807, 2.05) is 0 Å². The van der Waals surface area contributed by atoms with Crippen molar-refractivity contribution >= 4 is 15.7 Å². The highest BCUT2D eigenvalue weighted by molar-refractivity contribution is 7.92. The van der Waals surface area contributed by atoms with Crippen LogP contribution in [-0.2, 0) is 17.1 Å². The minimum atomic E-state index is -4.14. The topological polar surface area (TPSA) is 64.0 Å². The molecule has 0 saturated heterocycles. The third-order valence-electron chi connectivity index (χ3n) is 2.93. The summed E-state index contributed by atoms with van der Waals surface area (Å²) in [5.41, 5.74) is 1.35. The van der Waals surface area contributed by atoms with Gasteiger partial charge in [-0.1, -0.05) is 0 Å². The number of nitrogens with one attached hydrogen (secondary N) is 1. The standard InChI is InChI=1S/C12H13F2N3O2S/c1-7-12(8(2)17(3)15-7)16-20(18,19)11-5-4-9(13)6-10(11)14/h4-6,16H,1-3H3. The Bertz CT molecular complexity index is 769. The first kappa shape index (κ1) is 14.4. The summed E-state index contributed by atoms with van der Waals surface area (Å²) >= 11 is 0. The van der Waals surface area contributed by atoms with E-state index in [1.54, 1.807) is 20.9 Å². The third kappa shape index (κ3) is 2.51. The summed E-state index contributed by atoms with van der Waals surface area (Å²) in [6.07, 6.45) is 0. The molecule has 0 amide bonds. The van der Waals surface area contributed by atoms with E-state index in [2.05, 4.69) is 9.82 Å². The minimum absolute atomic E-state index is 0.288. The number of aryl methyl sites for hydroxylation is 2. The summed E-state index contributed by atoms with van der Waals surface area (Å²) in [6.45, 7) is 3.31. The van der Waals surface area contributed by atoms with E-state index in [0.29, 0.717) is 17.5 Å². The molecular weight excluding hydrogens is 288 g/mol. The molecule has 2 rings (SSSR count). The van der Waals surface area contributed by atoms with Gasteiger partial charge < -0.3 is 0 Å². The quantitative estimate of drug-likeness (QED) is 0.944. The summed E-state index contributed by atoms with van der Waals surface area (Å²) in [5, 5.41) is 4.06. The summed E-state index contributed by atoms with van der Waals surface area (Å²) < 4.78 is 54.5. The molecule has 0 bridgehead atoms. The Labute approximate surface area is 115 Å². The molecule has 0 aliphatic rings. The van der Waals surface area contributed by atoms with Crippen molar-refractivity contribution in [2.24, 2.45) is 7.05 Å². The van der Waals surface area contributed by atoms with Crippen LogP contribution in [0.5, 0.6) is 0 Å². The van der Waals surface area contributed by atoms with Gasteiger partial charge in [-0.3, -0.25) is 9.40 Å². The molecule has 0 spiro atoms. The Morgan fingerprint density at radius 2 is 1.90 bits per heavy atom. The lowest BCUT2D eigenvalue weighted by Gasteiger charge is -2.09. The van der Waals surface area contributed by atoms with Crippen molar-refractivity contribution in [1.29, 1.82) is 0 Å². The van der Waals surface area contributed by atoms with Gasteiger partial charge in [-0.05, 0) is 26.0 Å². The van der Waals surface area contributed by atoms with Gasteiger partial charge in [0, 0.05) is 13.1 Å². The van der Waals surface area contributed by atoms with Crippen molar-refractivity contribution < 1.29 is 17.2 Å². The highest BCUT2D eigenvalue weighted by atomic mass is 32.2. The molecule has 0 saturated carbocycles.